The topological polar surface area (TPSA) is 72.2 Å². The Bertz CT molecular complexity index is 1490. The second kappa shape index (κ2) is 9.02. The molecule has 9 heteroatoms. The van der Waals surface area contributed by atoms with Crippen molar-refractivity contribution in [3.05, 3.63) is 87.6 Å². The van der Waals surface area contributed by atoms with Crippen LogP contribution in [-0.2, 0) is 15.4 Å². The van der Waals surface area contributed by atoms with E-state index in [9.17, 15) is 13.5 Å². The predicted molar refractivity (Wildman–Crippen MR) is 138 cm³/mol. The molecule has 0 unspecified atom stereocenters. The minimum atomic E-state index is -3.34. The molecule has 0 spiro atoms. The van der Waals surface area contributed by atoms with E-state index >= 15 is 0 Å². The fourth-order valence-electron chi connectivity index (χ4n) is 3.53. The molecule has 0 radical (unpaired) electrons. The largest absolute Gasteiger partial charge is 0.384 e. The molecule has 5 nitrogen and oxygen atoms in total. The molecule has 0 saturated carbocycles. The van der Waals surface area contributed by atoms with E-state index in [1.54, 1.807) is 73.1 Å². The van der Waals surface area contributed by atoms with E-state index in [4.69, 9.17) is 34.8 Å². The van der Waals surface area contributed by atoms with Crippen LogP contribution in [0.5, 0.6) is 0 Å². The van der Waals surface area contributed by atoms with Gasteiger partial charge in [-0.25, -0.2) is 13.4 Å². The van der Waals surface area contributed by atoms with E-state index in [2.05, 4.69) is 4.98 Å². The van der Waals surface area contributed by atoms with Gasteiger partial charge in [0.15, 0.2) is 9.84 Å². The molecule has 3 aromatic carbocycles. The highest BCUT2D eigenvalue weighted by Gasteiger charge is 2.25. The van der Waals surface area contributed by atoms with Crippen molar-refractivity contribution in [1.82, 2.24) is 9.55 Å². The number of imidazole rings is 1. The summed E-state index contributed by atoms with van der Waals surface area (Å²) < 4.78 is 25.6. The molecule has 4 aromatic rings. The molecule has 1 N–H and O–H groups in total. The van der Waals surface area contributed by atoms with Crippen molar-refractivity contribution in [1.29, 1.82) is 0 Å². The minimum absolute atomic E-state index is 0.227. The van der Waals surface area contributed by atoms with Gasteiger partial charge in [0.25, 0.3) is 0 Å². The quantitative estimate of drug-likeness (QED) is 0.305. The molecular formula is C25H21Cl3N2O3S. The van der Waals surface area contributed by atoms with Gasteiger partial charge in [0, 0.05) is 12.5 Å². The number of sulfone groups is 1. The van der Waals surface area contributed by atoms with Crippen LogP contribution in [0.4, 0.5) is 0 Å². The van der Waals surface area contributed by atoms with Crippen LogP contribution in [0.15, 0.2) is 71.8 Å². The first-order chi connectivity index (χ1) is 15.9. The molecule has 0 saturated heterocycles. The summed E-state index contributed by atoms with van der Waals surface area (Å²) in [6, 6.07) is 17.2. The van der Waals surface area contributed by atoms with Gasteiger partial charge in [-0.05, 0) is 61.4 Å². The average molecular weight is 536 g/mol. The van der Waals surface area contributed by atoms with Crippen LogP contribution < -0.4 is 0 Å². The van der Waals surface area contributed by atoms with E-state index in [1.165, 1.54) is 6.26 Å². The van der Waals surface area contributed by atoms with E-state index in [0.717, 1.165) is 5.56 Å². The highest BCUT2D eigenvalue weighted by Crippen LogP contribution is 2.38. The number of aromatic nitrogens is 2. The molecule has 1 heterocycles. The number of rotatable bonds is 5. The van der Waals surface area contributed by atoms with Gasteiger partial charge in [0.05, 0.1) is 36.9 Å². The highest BCUT2D eigenvalue weighted by molar-refractivity contribution is 7.90. The number of aliphatic hydroxyl groups is 1. The van der Waals surface area contributed by atoms with Crippen molar-refractivity contribution in [3.63, 3.8) is 0 Å². The summed E-state index contributed by atoms with van der Waals surface area (Å²) in [7, 11) is -3.34. The summed E-state index contributed by atoms with van der Waals surface area (Å²) in [4.78, 5) is 4.86. The fraction of sp³-hybridized carbons (Fsp3) is 0.160. The van der Waals surface area contributed by atoms with Gasteiger partial charge < -0.3 is 5.11 Å². The Balaban J connectivity index is 1.88. The zero-order valence-corrected chi connectivity index (χ0v) is 21.6. The Morgan fingerprint density at radius 2 is 1.50 bits per heavy atom. The lowest BCUT2D eigenvalue weighted by molar-refractivity contribution is 0.0743. The monoisotopic (exact) mass is 534 g/mol. The van der Waals surface area contributed by atoms with Crippen LogP contribution >= 0.6 is 34.8 Å². The molecule has 4 rings (SSSR count). The standard InChI is InChI=1S/C25H21Cl3N2O3S/c1-25(2,31)22-14-30(24(29-22)23-18(26)8-5-9-19(23)27)21-11-10-16(13-20(21)28)15-6-4-7-17(12-15)34(3,32)33/h4-14,31H,1-3H3. The molecule has 0 aliphatic rings. The van der Waals surface area contributed by atoms with Crippen LogP contribution in [0.1, 0.15) is 19.5 Å². The third-order valence-corrected chi connectivity index (χ3v) is 7.36. The van der Waals surface area contributed by atoms with Crippen LogP contribution in [0.3, 0.4) is 0 Å². The SMILES string of the molecule is CC(C)(O)c1cn(-c2ccc(-c3cccc(S(C)(=O)=O)c3)cc2Cl)c(-c2c(Cl)cccc2Cl)n1. The lowest BCUT2D eigenvalue weighted by atomic mass is 10.1. The lowest BCUT2D eigenvalue weighted by Gasteiger charge is -2.14. The summed E-state index contributed by atoms with van der Waals surface area (Å²) >= 11 is 19.6. The van der Waals surface area contributed by atoms with Crippen molar-refractivity contribution < 1.29 is 13.5 Å². The average Bonchev–Trinajstić information content (AvgIpc) is 3.18. The van der Waals surface area contributed by atoms with Gasteiger partial charge in [0.2, 0.25) is 0 Å². The third-order valence-electron chi connectivity index (χ3n) is 5.32. The van der Waals surface area contributed by atoms with Crippen molar-refractivity contribution in [2.45, 2.75) is 24.3 Å². The molecule has 0 aliphatic heterocycles. The van der Waals surface area contributed by atoms with Gasteiger partial charge >= 0.3 is 0 Å². The van der Waals surface area contributed by atoms with Crippen LogP contribution in [0.2, 0.25) is 15.1 Å². The maximum Gasteiger partial charge on any atom is 0.175 e. The molecule has 0 fully saturated rings. The lowest BCUT2D eigenvalue weighted by Crippen LogP contribution is -2.15. The number of benzene rings is 3. The summed E-state index contributed by atoms with van der Waals surface area (Å²) in [5.41, 5.74) is 1.78. The maximum atomic E-state index is 12.0. The number of hydrogen-bond donors (Lipinski definition) is 1. The zero-order chi connectivity index (χ0) is 24.8. The van der Waals surface area contributed by atoms with E-state index in [0.29, 0.717) is 43.4 Å². The van der Waals surface area contributed by atoms with Gasteiger partial charge in [0.1, 0.15) is 11.4 Å². The first-order valence-electron chi connectivity index (χ1n) is 10.2. The van der Waals surface area contributed by atoms with Crippen LogP contribution in [0, 0.1) is 0 Å². The smallest absolute Gasteiger partial charge is 0.175 e. The Labute approximate surface area is 213 Å². The second-order valence-electron chi connectivity index (χ2n) is 8.44. The molecule has 1 aromatic heterocycles. The van der Waals surface area contributed by atoms with Gasteiger partial charge in [-0.15, -0.1) is 0 Å². The van der Waals surface area contributed by atoms with Crippen molar-refractivity contribution >= 4 is 44.6 Å². The summed E-state index contributed by atoms with van der Waals surface area (Å²) in [6.07, 6.45) is 2.86. The normalized spacial score (nSPS) is 12.2. The summed E-state index contributed by atoms with van der Waals surface area (Å²) in [5.74, 6) is 0.432. The Morgan fingerprint density at radius 1 is 0.882 bits per heavy atom. The first kappa shape index (κ1) is 24.8. The Hall–Kier alpha value is -2.35. The molecule has 176 valence electrons. The summed E-state index contributed by atoms with van der Waals surface area (Å²) in [5, 5.41) is 11.8. The minimum Gasteiger partial charge on any atom is -0.384 e. The molecule has 0 amide bonds. The molecule has 0 atom stereocenters. The molecule has 0 aliphatic carbocycles. The van der Waals surface area contributed by atoms with Crippen molar-refractivity contribution in [2.24, 2.45) is 0 Å². The number of hydrogen-bond acceptors (Lipinski definition) is 4. The number of nitrogens with zero attached hydrogens (tertiary/aromatic N) is 2. The molecule has 34 heavy (non-hydrogen) atoms. The van der Waals surface area contributed by atoms with E-state index in [-0.39, 0.29) is 4.90 Å². The van der Waals surface area contributed by atoms with Gasteiger partial charge in [-0.1, -0.05) is 59.1 Å². The van der Waals surface area contributed by atoms with Crippen LogP contribution in [0.25, 0.3) is 28.2 Å². The molecule has 0 bridgehead atoms. The fourth-order valence-corrected chi connectivity index (χ4v) is 5.04. The van der Waals surface area contributed by atoms with E-state index < -0.39 is 15.4 Å². The van der Waals surface area contributed by atoms with E-state index in [1.807, 2.05) is 12.1 Å². The highest BCUT2D eigenvalue weighted by atomic mass is 35.5. The number of halogens is 3. The van der Waals surface area contributed by atoms with Gasteiger partial charge in [-0.3, -0.25) is 4.57 Å². The van der Waals surface area contributed by atoms with Crippen molar-refractivity contribution in [2.75, 3.05) is 6.26 Å². The second-order valence-corrected chi connectivity index (χ2v) is 11.7. The Kier molecular flexibility index (Phi) is 6.57. The Morgan fingerprint density at radius 3 is 2.09 bits per heavy atom. The predicted octanol–water partition coefficient (Wildman–Crippen LogP) is 6.80. The third kappa shape index (κ3) is 4.88. The van der Waals surface area contributed by atoms with Gasteiger partial charge in [-0.2, -0.15) is 0 Å². The van der Waals surface area contributed by atoms with Crippen molar-refractivity contribution in [3.8, 4) is 28.2 Å². The zero-order valence-electron chi connectivity index (χ0n) is 18.6. The maximum absolute atomic E-state index is 12.0. The molecular weight excluding hydrogens is 515 g/mol. The van der Waals surface area contributed by atoms with Crippen LogP contribution in [-0.4, -0.2) is 29.3 Å². The first-order valence-corrected chi connectivity index (χ1v) is 13.3. The summed E-state index contributed by atoms with van der Waals surface area (Å²) in [6.45, 7) is 3.27.